The van der Waals surface area contributed by atoms with Crippen LogP contribution in [-0.4, -0.2) is 9.97 Å². The lowest BCUT2D eigenvalue weighted by Gasteiger charge is -2.09. The van der Waals surface area contributed by atoms with Gasteiger partial charge < -0.3 is 4.98 Å². The van der Waals surface area contributed by atoms with Crippen LogP contribution in [0.5, 0.6) is 0 Å². The van der Waals surface area contributed by atoms with Crippen molar-refractivity contribution in [1.82, 2.24) is 9.97 Å². The third-order valence-electron chi connectivity index (χ3n) is 2.58. The van der Waals surface area contributed by atoms with Crippen molar-refractivity contribution in [1.29, 1.82) is 0 Å². The number of aromatic nitrogens is 2. The molecule has 0 saturated carbocycles. The smallest absolute Gasteiger partial charge is 0.139 e. The van der Waals surface area contributed by atoms with Crippen molar-refractivity contribution < 1.29 is 4.39 Å². The lowest BCUT2D eigenvalue weighted by atomic mass is 10.1. The third-order valence-corrected chi connectivity index (χ3v) is 3.40. The first-order valence-corrected chi connectivity index (χ1v) is 6.74. The number of rotatable bonds is 2. The molecule has 0 aliphatic carbocycles. The van der Waals surface area contributed by atoms with Gasteiger partial charge in [-0.25, -0.2) is 9.37 Å². The van der Waals surface area contributed by atoms with Gasteiger partial charge in [0.2, 0.25) is 0 Å². The van der Waals surface area contributed by atoms with E-state index in [4.69, 9.17) is 12.2 Å². The van der Waals surface area contributed by atoms with Gasteiger partial charge in [0.15, 0.2) is 0 Å². The molecule has 0 fully saturated rings. The molecule has 1 aromatic heterocycles. The van der Waals surface area contributed by atoms with Gasteiger partial charge in [0.25, 0.3) is 0 Å². The first-order valence-electron chi connectivity index (χ1n) is 5.54. The highest BCUT2D eigenvalue weighted by Gasteiger charge is 2.07. The van der Waals surface area contributed by atoms with Gasteiger partial charge in [0, 0.05) is 11.3 Å². The van der Waals surface area contributed by atoms with E-state index in [1.807, 2.05) is 6.07 Å². The molecule has 0 saturated heterocycles. The summed E-state index contributed by atoms with van der Waals surface area (Å²) >= 11 is 8.31. The van der Waals surface area contributed by atoms with Gasteiger partial charge >= 0.3 is 0 Å². The molecule has 18 heavy (non-hydrogen) atoms. The van der Waals surface area contributed by atoms with Crippen LogP contribution in [0.4, 0.5) is 4.39 Å². The Morgan fingerprint density at radius 2 is 2.06 bits per heavy atom. The van der Waals surface area contributed by atoms with Crippen molar-refractivity contribution in [2.75, 3.05) is 0 Å². The topological polar surface area (TPSA) is 28.7 Å². The van der Waals surface area contributed by atoms with Crippen LogP contribution in [0, 0.1) is 10.5 Å². The Balaban J connectivity index is 2.56. The Morgan fingerprint density at radius 3 is 2.67 bits per heavy atom. The molecule has 1 aromatic carbocycles. The zero-order chi connectivity index (χ0) is 13.3. The van der Waals surface area contributed by atoms with Crippen molar-refractivity contribution in [2.45, 2.75) is 19.8 Å². The Bertz CT molecular complexity index is 637. The number of nitrogens with zero attached hydrogens (tertiary/aromatic N) is 1. The molecule has 0 bridgehead atoms. The molecule has 0 spiro atoms. The number of H-pyrrole nitrogens is 1. The van der Waals surface area contributed by atoms with Crippen molar-refractivity contribution in [3.05, 3.63) is 44.9 Å². The van der Waals surface area contributed by atoms with Gasteiger partial charge in [-0.2, -0.15) is 0 Å². The second kappa shape index (κ2) is 5.28. The standard InChI is InChI=1S/C13H12BrFN2S/c1-7(2)11-6-12(18)17-13(16-11)8-3-4-10(15)9(14)5-8/h3-7H,1-2H3,(H,16,17,18). The number of benzene rings is 1. The Labute approximate surface area is 118 Å². The minimum atomic E-state index is -0.294. The van der Waals surface area contributed by atoms with E-state index in [9.17, 15) is 4.39 Å². The summed E-state index contributed by atoms with van der Waals surface area (Å²) in [5.41, 5.74) is 1.82. The number of hydrogen-bond donors (Lipinski definition) is 1. The summed E-state index contributed by atoms with van der Waals surface area (Å²) in [5, 5.41) is 0. The fraction of sp³-hybridized carbons (Fsp3) is 0.231. The average Bonchev–Trinajstić information content (AvgIpc) is 2.31. The van der Waals surface area contributed by atoms with Gasteiger partial charge in [-0.3, -0.25) is 0 Å². The third kappa shape index (κ3) is 2.84. The summed E-state index contributed by atoms with van der Waals surface area (Å²) in [6.45, 7) is 4.15. The number of hydrogen-bond acceptors (Lipinski definition) is 2. The predicted octanol–water partition coefficient (Wildman–Crippen LogP) is 4.83. The van der Waals surface area contributed by atoms with Crippen LogP contribution >= 0.6 is 28.1 Å². The van der Waals surface area contributed by atoms with Crippen molar-refractivity contribution >= 4 is 28.1 Å². The maximum absolute atomic E-state index is 13.2. The van der Waals surface area contributed by atoms with Crippen molar-refractivity contribution in [2.24, 2.45) is 0 Å². The highest BCUT2D eigenvalue weighted by atomic mass is 79.9. The summed E-state index contributed by atoms with van der Waals surface area (Å²) in [5.74, 6) is 0.696. The molecule has 0 aliphatic heterocycles. The normalized spacial score (nSPS) is 10.9. The van der Waals surface area contributed by atoms with Gasteiger partial charge in [0.1, 0.15) is 16.3 Å². The maximum atomic E-state index is 13.2. The minimum Gasteiger partial charge on any atom is -0.343 e. The second-order valence-electron chi connectivity index (χ2n) is 4.31. The first-order chi connectivity index (χ1) is 8.47. The molecular formula is C13H12BrFN2S. The van der Waals surface area contributed by atoms with Crippen LogP contribution in [0.1, 0.15) is 25.5 Å². The first kappa shape index (κ1) is 13.4. The van der Waals surface area contributed by atoms with Gasteiger partial charge in [-0.05, 0) is 46.1 Å². The fourth-order valence-corrected chi connectivity index (χ4v) is 2.16. The zero-order valence-electron chi connectivity index (χ0n) is 10.00. The molecule has 0 atom stereocenters. The van der Waals surface area contributed by atoms with Gasteiger partial charge in [0.05, 0.1) is 4.47 Å². The van der Waals surface area contributed by atoms with Crippen LogP contribution in [0.25, 0.3) is 11.4 Å². The Kier molecular flexibility index (Phi) is 3.92. The van der Waals surface area contributed by atoms with Gasteiger partial charge in [-0.1, -0.05) is 26.1 Å². The van der Waals surface area contributed by atoms with Gasteiger partial charge in [-0.15, -0.1) is 0 Å². The molecule has 2 aromatic rings. The molecule has 5 heteroatoms. The van der Waals surface area contributed by atoms with E-state index in [1.54, 1.807) is 12.1 Å². The molecule has 0 unspecified atom stereocenters. The minimum absolute atomic E-state index is 0.294. The number of aromatic amines is 1. The van der Waals surface area contributed by atoms with Crippen LogP contribution in [0.2, 0.25) is 0 Å². The van der Waals surface area contributed by atoms with E-state index in [1.165, 1.54) is 6.07 Å². The monoisotopic (exact) mass is 326 g/mol. The molecular weight excluding hydrogens is 315 g/mol. The summed E-state index contributed by atoms with van der Waals surface area (Å²) in [7, 11) is 0. The molecule has 2 rings (SSSR count). The van der Waals surface area contributed by atoms with Crippen LogP contribution in [-0.2, 0) is 0 Å². The highest BCUT2D eigenvalue weighted by Crippen LogP contribution is 2.24. The van der Waals surface area contributed by atoms with E-state index in [0.29, 0.717) is 20.9 Å². The molecule has 1 N–H and O–H groups in total. The molecule has 0 aliphatic rings. The molecule has 0 radical (unpaired) electrons. The summed E-state index contributed by atoms with van der Waals surface area (Å²) < 4.78 is 14.2. The summed E-state index contributed by atoms with van der Waals surface area (Å²) in [6, 6.07) is 6.62. The molecule has 94 valence electrons. The van der Waals surface area contributed by atoms with E-state index in [0.717, 1.165) is 11.3 Å². The van der Waals surface area contributed by atoms with E-state index in [-0.39, 0.29) is 5.82 Å². The second-order valence-corrected chi connectivity index (χ2v) is 5.58. The number of halogens is 2. The quantitative estimate of drug-likeness (QED) is 0.800. The molecule has 1 heterocycles. The Hall–Kier alpha value is -1.07. The Morgan fingerprint density at radius 1 is 1.33 bits per heavy atom. The van der Waals surface area contributed by atoms with E-state index < -0.39 is 0 Å². The van der Waals surface area contributed by atoms with E-state index >= 15 is 0 Å². The molecule has 0 amide bonds. The largest absolute Gasteiger partial charge is 0.343 e. The van der Waals surface area contributed by atoms with Crippen molar-refractivity contribution in [3.8, 4) is 11.4 Å². The highest BCUT2D eigenvalue weighted by molar-refractivity contribution is 9.10. The number of nitrogens with one attached hydrogen (secondary N) is 1. The predicted molar refractivity (Wildman–Crippen MR) is 76.6 cm³/mol. The van der Waals surface area contributed by atoms with Crippen molar-refractivity contribution in [3.63, 3.8) is 0 Å². The van der Waals surface area contributed by atoms with Crippen LogP contribution < -0.4 is 0 Å². The lowest BCUT2D eigenvalue weighted by molar-refractivity contribution is 0.621. The molecule has 2 nitrogen and oxygen atoms in total. The maximum Gasteiger partial charge on any atom is 0.139 e. The summed E-state index contributed by atoms with van der Waals surface area (Å²) in [4.78, 5) is 7.50. The fourth-order valence-electron chi connectivity index (χ4n) is 1.57. The lowest BCUT2D eigenvalue weighted by Crippen LogP contribution is -1.98. The zero-order valence-corrected chi connectivity index (χ0v) is 12.4. The van der Waals surface area contributed by atoms with E-state index in [2.05, 4.69) is 39.7 Å². The SMILES string of the molecule is CC(C)c1cc(=S)nc(-c2ccc(F)c(Br)c2)[nH]1. The summed E-state index contributed by atoms with van der Waals surface area (Å²) in [6.07, 6.45) is 0. The van der Waals surface area contributed by atoms with Crippen LogP contribution in [0.3, 0.4) is 0 Å². The van der Waals surface area contributed by atoms with Crippen LogP contribution in [0.15, 0.2) is 28.7 Å². The average molecular weight is 327 g/mol.